The molecule has 4 rings (SSSR count). The number of aromatic nitrogens is 2. The molecule has 0 unspecified atom stereocenters. The Labute approximate surface area is 176 Å². The molecule has 7 nitrogen and oxygen atoms in total. The quantitative estimate of drug-likeness (QED) is 0.518. The SMILES string of the molecule is COc1ccccc1CNC(=O)c1c(O)c2cccnc2n(-c2ccc(F)cc2)c1=O. The fraction of sp³-hybridized carbons (Fsp3) is 0.0870. The molecule has 0 atom stereocenters. The molecule has 0 aliphatic heterocycles. The van der Waals surface area contributed by atoms with E-state index in [-0.39, 0.29) is 17.6 Å². The molecule has 2 N–H and O–H groups in total. The van der Waals surface area contributed by atoms with Crippen molar-refractivity contribution in [1.29, 1.82) is 0 Å². The molecule has 0 saturated carbocycles. The summed E-state index contributed by atoms with van der Waals surface area (Å²) in [6.07, 6.45) is 1.46. The highest BCUT2D eigenvalue weighted by atomic mass is 19.1. The Bertz CT molecular complexity index is 1330. The van der Waals surface area contributed by atoms with Crippen LogP contribution >= 0.6 is 0 Å². The summed E-state index contributed by atoms with van der Waals surface area (Å²) in [6.45, 7) is 0.0867. The first kappa shape index (κ1) is 20.1. The normalized spacial score (nSPS) is 10.8. The second-order valence-electron chi connectivity index (χ2n) is 6.71. The molecule has 156 valence electrons. The van der Waals surface area contributed by atoms with Gasteiger partial charge < -0.3 is 15.2 Å². The van der Waals surface area contributed by atoms with Crippen LogP contribution in [0.5, 0.6) is 11.5 Å². The minimum Gasteiger partial charge on any atom is -0.506 e. The summed E-state index contributed by atoms with van der Waals surface area (Å²) < 4.78 is 19.8. The standard InChI is InChI=1S/C23H18FN3O4/c1-31-18-7-3-2-5-14(18)13-26-22(29)19-20(28)17-6-4-12-25-21(17)27(23(19)30)16-10-8-15(24)9-11-16/h2-12,28H,13H2,1H3,(H,26,29). The number of hydrogen-bond donors (Lipinski definition) is 2. The van der Waals surface area contributed by atoms with Gasteiger partial charge in [-0.25, -0.2) is 9.37 Å². The zero-order valence-electron chi connectivity index (χ0n) is 16.5. The maximum Gasteiger partial charge on any atom is 0.273 e. The number of para-hydroxylation sites is 1. The van der Waals surface area contributed by atoms with Crippen molar-refractivity contribution in [2.45, 2.75) is 6.54 Å². The number of aromatic hydroxyl groups is 1. The number of carbonyl (C=O) groups is 1. The van der Waals surface area contributed by atoms with Crippen molar-refractivity contribution in [3.63, 3.8) is 0 Å². The molecule has 0 radical (unpaired) electrons. The number of nitrogens with zero attached hydrogens (tertiary/aromatic N) is 2. The van der Waals surface area contributed by atoms with Crippen molar-refractivity contribution < 1.29 is 19.0 Å². The molecule has 2 aromatic heterocycles. The third-order valence-electron chi connectivity index (χ3n) is 4.85. The van der Waals surface area contributed by atoms with E-state index in [4.69, 9.17) is 4.74 Å². The van der Waals surface area contributed by atoms with Crippen LogP contribution < -0.4 is 15.6 Å². The highest BCUT2D eigenvalue weighted by Crippen LogP contribution is 2.27. The fourth-order valence-electron chi connectivity index (χ4n) is 3.35. The van der Waals surface area contributed by atoms with E-state index in [1.807, 2.05) is 0 Å². The van der Waals surface area contributed by atoms with Crippen molar-refractivity contribution in [1.82, 2.24) is 14.9 Å². The first-order valence-electron chi connectivity index (χ1n) is 9.40. The molecule has 2 heterocycles. The van der Waals surface area contributed by atoms with Crippen LogP contribution in [0, 0.1) is 5.82 Å². The number of pyridine rings is 2. The number of methoxy groups -OCH3 is 1. The van der Waals surface area contributed by atoms with Gasteiger partial charge in [0.2, 0.25) is 0 Å². The Morgan fingerprint density at radius 3 is 2.61 bits per heavy atom. The van der Waals surface area contributed by atoms with Crippen molar-refractivity contribution >= 4 is 16.9 Å². The number of carbonyl (C=O) groups excluding carboxylic acids is 1. The lowest BCUT2D eigenvalue weighted by Gasteiger charge is -2.15. The molecule has 0 bridgehead atoms. The molecule has 0 fully saturated rings. The molecule has 0 aliphatic rings. The topological polar surface area (TPSA) is 93.4 Å². The van der Waals surface area contributed by atoms with Crippen LogP contribution in [0.3, 0.4) is 0 Å². The van der Waals surface area contributed by atoms with Gasteiger partial charge in [-0.15, -0.1) is 0 Å². The average Bonchev–Trinajstić information content (AvgIpc) is 2.79. The van der Waals surface area contributed by atoms with Crippen LogP contribution in [0.25, 0.3) is 16.7 Å². The lowest BCUT2D eigenvalue weighted by Crippen LogP contribution is -2.33. The second kappa shape index (κ2) is 8.27. The van der Waals surface area contributed by atoms with Crippen LogP contribution in [-0.4, -0.2) is 27.7 Å². The summed E-state index contributed by atoms with van der Waals surface area (Å²) in [5.41, 5.74) is -0.0292. The van der Waals surface area contributed by atoms with Gasteiger partial charge in [0.25, 0.3) is 11.5 Å². The van der Waals surface area contributed by atoms with Gasteiger partial charge in [-0.1, -0.05) is 18.2 Å². The molecule has 1 amide bonds. The molecule has 31 heavy (non-hydrogen) atoms. The Hall–Kier alpha value is -4.20. The summed E-state index contributed by atoms with van der Waals surface area (Å²) in [5, 5.41) is 13.6. The van der Waals surface area contributed by atoms with Crippen molar-refractivity contribution in [3.8, 4) is 17.2 Å². The van der Waals surface area contributed by atoms with E-state index < -0.39 is 28.6 Å². The highest BCUT2D eigenvalue weighted by molar-refractivity contribution is 6.02. The minimum absolute atomic E-state index is 0.0867. The first-order valence-corrected chi connectivity index (χ1v) is 9.40. The van der Waals surface area contributed by atoms with Gasteiger partial charge in [0.05, 0.1) is 18.2 Å². The Morgan fingerprint density at radius 2 is 1.87 bits per heavy atom. The van der Waals surface area contributed by atoms with Crippen LogP contribution in [0.2, 0.25) is 0 Å². The van der Waals surface area contributed by atoms with E-state index in [1.54, 1.807) is 36.4 Å². The van der Waals surface area contributed by atoms with Gasteiger partial charge >= 0.3 is 0 Å². The lowest BCUT2D eigenvalue weighted by molar-refractivity contribution is 0.0946. The highest BCUT2D eigenvalue weighted by Gasteiger charge is 2.23. The van der Waals surface area contributed by atoms with Gasteiger partial charge in [0.15, 0.2) is 5.65 Å². The van der Waals surface area contributed by atoms with Crippen LogP contribution in [-0.2, 0) is 6.54 Å². The van der Waals surface area contributed by atoms with E-state index >= 15 is 0 Å². The maximum atomic E-state index is 13.4. The average molecular weight is 419 g/mol. The van der Waals surface area contributed by atoms with Gasteiger partial charge in [0.1, 0.15) is 22.9 Å². The number of halogens is 1. The molecular formula is C23H18FN3O4. The zero-order chi connectivity index (χ0) is 22.0. The summed E-state index contributed by atoms with van der Waals surface area (Å²) in [7, 11) is 1.52. The molecule has 0 spiro atoms. The predicted molar refractivity (Wildman–Crippen MR) is 113 cm³/mol. The van der Waals surface area contributed by atoms with Crippen LogP contribution in [0.1, 0.15) is 15.9 Å². The van der Waals surface area contributed by atoms with E-state index in [9.17, 15) is 19.1 Å². The lowest BCUT2D eigenvalue weighted by atomic mass is 10.1. The number of fused-ring (bicyclic) bond motifs is 1. The monoisotopic (exact) mass is 419 g/mol. The van der Waals surface area contributed by atoms with Crippen LogP contribution in [0.4, 0.5) is 4.39 Å². The summed E-state index contributed by atoms with van der Waals surface area (Å²) in [6, 6.07) is 15.5. The van der Waals surface area contributed by atoms with Gasteiger partial charge in [-0.2, -0.15) is 0 Å². The maximum absolute atomic E-state index is 13.4. The number of benzene rings is 2. The second-order valence-corrected chi connectivity index (χ2v) is 6.71. The Morgan fingerprint density at radius 1 is 1.13 bits per heavy atom. The summed E-state index contributed by atoms with van der Waals surface area (Å²) in [5.74, 6) is -1.11. The van der Waals surface area contributed by atoms with Gasteiger partial charge in [0, 0.05) is 18.3 Å². The van der Waals surface area contributed by atoms with Crippen molar-refractivity contribution in [3.05, 3.63) is 94.2 Å². The predicted octanol–water partition coefficient (Wildman–Crippen LogP) is 3.17. The third-order valence-corrected chi connectivity index (χ3v) is 4.85. The molecule has 2 aromatic carbocycles. The number of hydrogen-bond acceptors (Lipinski definition) is 5. The van der Waals surface area contributed by atoms with Gasteiger partial charge in [-0.05, 0) is 42.5 Å². The zero-order valence-corrected chi connectivity index (χ0v) is 16.5. The third kappa shape index (κ3) is 3.71. The number of nitrogens with one attached hydrogen (secondary N) is 1. The smallest absolute Gasteiger partial charge is 0.273 e. The number of ether oxygens (including phenoxy) is 1. The van der Waals surface area contributed by atoms with Crippen molar-refractivity contribution in [2.75, 3.05) is 7.11 Å². The van der Waals surface area contributed by atoms with Gasteiger partial charge in [-0.3, -0.25) is 14.2 Å². The Balaban J connectivity index is 1.81. The minimum atomic E-state index is -0.771. The first-order chi connectivity index (χ1) is 15.0. The Kier molecular flexibility index (Phi) is 5.36. The largest absolute Gasteiger partial charge is 0.506 e. The van der Waals surface area contributed by atoms with E-state index in [0.717, 1.165) is 0 Å². The summed E-state index contributed by atoms with van der Waals surface area (Å²) >= 11 is 0. The molecular weight excluding hydrogens is 401 g/mol. The van der Waals surface area contributed by atoms with Crippen LogP contribution in [0.15, 0.2) is 71.7 Å². The fourth-order valence-corrected chi connectivity index (χ4v) is 3.35. The number of rotatable bonds is 5. The molecule has 0 aliphatic carbocycles. The molecule has 8 heteroatoms. The summed E-state index contributed by atoms with van der Waals surface area (Å²) in [4.78, 5) is 30.4. The van der Waals surface area contributed by atoms with E-state index in [0.29, 0.717) is 17.0 Å². The van der Waals surface area contributed by atoms with Crippen molar-refractivity contribution in [2.24, 2.45) is 0 Å². The molecule has 0 saturated heterocycles. The van der Waals surface area contributed by atoms with E-state index in [2.05, 4.69) is 10.3 Å². The van der Waals surface area contributed by atoms with E-state index in [1.165, 1.54) is 42.1 Å². The molecule has 4 aromatic rings. The number of amides is 1.